The molecule has 5 rings (SSSR count). The lowest BCUT2D eigenvalue weighted by Gasteiger charge is -2.49. The summed E-state index contributed by atoms with van der Waals surface area (Å²) in [5, 5.41) is 3.09. The first-order valence-corrected chi connectivity index (χ1v) is 10.8. The Kier molecular flexibility index (Phi) is 5.28. The van der Waals surface area contributed by atoms with Crippen LogP contribution in [0, 0.1) is 5.92 Å². The standard InChI is InChI=1S/C25H27N3O3/c1-30-20-10-8-19(9-11-20)27-12-13-28-23-7-3-2-5-18(23)15-22(24(28)17-27)25(29)26-16-21-6-4-14-31-21/h2-11,14,22,24H,12-13,15-17H2,1H3,(H,26,29)/t22-,24-/m1/s1. The molecule has 0 spiro atoms. The Bertz CT molecular complexity index is 1030. The van der Waals surface area contributed by atoms with Crippen LogP contribution in [-0.2, 0) is 17.8 Å². The number of nitrogens with zero attached hydrogens (tertiary/aromatic N) is 2. The van der Waals surface area contributed by atoms with E-state index in [9.17, 15) is 4.79 Å². The third-order valence-electron chi connectivity index (χ3n) is 6.42. The summed E-state index contributed by atoms with van der Waals surface area (Å²) in [6.07, 6.45) is 2.38. The van der Waals surface area contributed by atoms with Gasteiger partial charge in [-0.1, -0.05) is 18.2 Å². The zero-order valence-corrected chi connectivity index (χ0v) is 17.7. The lowest BCUT2D eigenvalue weighted by atomic mass is 9.83. The third-order valence-corrected chi connectivity index (χ3v) is 6.42. The number of carbonyl (C=O) groups is 1. The minimum atomic E-state index is -0.120. The van der Waals surface area contributed by atoms with Crippen molar-refractivity contribution in [2.24, 2.45) is 5.92 Å². The molecule has 160 valence electrons. The molecule has 2 aromatic carbocycles. The van der Waals surface area contributed by atoms with Gasteiger partial charge in [0.2, 0.25) is 5.91 Å². The highest BCUT2D eigenvalue weighted by Crippen LogP contribution is 2.37. The van der Waals surface area contributed by atoms with Crippen LogP contribution >= 0.6 is 0 Å². The van der Waals surface area contributed by atoms with Crippen molar-refractivity contribution in [1.29, 1.82) is 0 Å². The molecule has 1 N–H and O–H groups in total. The summed E-state index contributed by atoms with van der Waals surface area (Å²) in [5.74, 6) is 1.58. The van der Waals surface area contributed by atoms with Crippen molar-refractivity contribution in [2.45, 2.75) is 19.0 Å². The fourth-order valence-corrected chi connectivity index (χ4v) is 4.80. The minimum Gasteiger partial charge on any atom is -0.497 e. The fraction of sp³-hybridized carbons (Fsp3) is 0.320. The number of anilines is 2. The Morgan fingerprint density at radius 1 is 1.10 bits per heavy atom. The highest BCUT2D eigenvalue weighted by molar-refractivity contribution is 5.82. The number of ether oxygens (including phenoxy) is 1. The molecule has 0 aliphatic carbocycles. The van der Waals surface area contributed by atoms with Gasteiger partial charge in [0.15, 0.2) is 0 Å². The second kappa shape index (κ2) is 8.38. The van der Waals surface area contributed by atoms with Gasteiger partial charge in [-0.15, -0.1) is 0 Å². The summed E-state index contributed by atoms with van der Waals surface area (Å²) in [7, 11) is 1.68. The van der Waals surface area contributed by atoms with Gasteiger partial charge in [0.25, 0.3) is 0 Å². The molecule has 6 heteroatoms. The highest BCUT2D eigenvalue weighted by Gasteiger charge is 2.41. The van der Waals surface area contributed by atoms with E-state index >= 15 is 0 Å². The molecule has 31 heavy (non-hydrogen) atoms. The zero-order chi connectivity index (χ0) is 21.2. The average Bonchev–Trinajstić information content (AvgIpc) is 3.35. The number of hydrogen-bond acceptors (Lipinski definition) is 5. The van der Waals surface area contributed by atoms with E-state index in [1.807, 2.05) is 24.3 Å². The number of hydrogen-bond donors (Lipinski definition) is 1. The first-order chi connectivity index (χ1) is 15.2. The maximum atomic E-state index is 13.3. The summed E-state index contributed by atoms with van der Waals surface area (Å²) in [6.45, 7) is 3.02. The van der Waals surface area contributed by atoms with Crippen molar-refractivity contribution in [3.63, 3.8) is 0 Å². The Morgan fingerprint density at radius 2 is 1.94 bits per heavy atom. The quantitative estimate of drug-likeness (QED) is 0.689. The van der Waals surface area contributed by atoms with E-state index < -0.39 is 0 Å². The van der Waals surface area contributed by atoms with Crippen LogP contribution in [0.5, 0.6) is 5.75 Å². The number of carbonyl (C=O) groups excluding carboxylic acids is 1. The molecule has 0 unspecified atom stereocenters. The van der Waals surface area contributed by atoms with Gasteiger partial charge in [-0.3, -0.25) is 4.79 Å². The molecule has 2 atom stereocenters. The number of piperazine rings is 1. The molecule has 1 fully saturated rings. The Balaban J connectivity index is 1.39. The van der Waals surface area contributed by atoms with Crippen molar-refractivity contribution >= 4 is 17.3 Å². The van der Waals surface area contributed by atoms with Crippen molar-refractivity contribution in [3.05, 3.63) is 78.3 Å². The molecule has 1 amide bonds. The third kappa shape index (κ3) is 3.85. The number of benzene rings is 2. The second-order valence-corrected chi connectivity index (χ2v) is 8.14. The predicted octanol–water partition coefficient (Wildman–Crippen LogP) is 3.47. The van der Waals surface area contributed by atoms with Crippen molar-refractivity contribution < 1.29 is 13.9 Å². The van der Waals surface area contributed by atoms with Crippen LogP contribution in [0.25, 0.3) is 0 Å². The van der Waals surface area contributed by atoms with E-state index in [-0.39, 0.29) is 17.9 Å². The second-order valence-electron chi connectivity index (χ2n) is 8.14. The number of amides is 1. The predicted molar refractivity (Wildman–Crippen MR) is 121 cm³/mol. The normalized spacial score (nSPS) is 20.0. The minimum absolute atomic E-state index is 0.0810. The maximum Gasteiger partial charge on any atom is 0.225 e. The fourth-order valence-electron chi connectivity index (χ4n) is 4.80. The maximum absolute atomic E-state index is 13.3. The molecule has 2 aliphatic rings. The smallest absolute Gasteiger partial charge is 0.225 e. The van der Waals surface area contributed by atoms with Crippen molar-refractivity contribution in [2.75, 3.05) is 36.5 Å². The molecule has 0 radical (unpaired) electrons. The Labute approximate surface area is 182 Å². The van der Waals surface area contributed by atoms with E-state index in [1.54, 1.807) is 13.4 Å². The summed E-state index contributed by atoms with van der Waals surface area (Å²) >= 11 is 0. The molecular weight excluding hydrogens is 390 g/mol. The van der Waals surface area contributed by atoms with Gasteiger partial charge < -0.3 is 24.3 Å². The number of fused-ring (bicyclic) bond motifs is 3. The average molecular weight is 418 g/mol. The van der Waals surface area contributed by atoms with Crippen molar-refractivity contribution in [3.8, 4) is 5.75 Å². The van der Waals surface area contributed by atoms with Crippen molar-refractivity contribution in [1.82, 2.24) is 5.32 Å². The van der Waals surface area contributed by atoms with E-state index in [2.05, 4.69) is 51.5 Å². The van der Waals surface area contributed by atoms with Crippen LogP contribution in [-0.4, -0.2) is 38.7 Å². The highest BCUT2D eigenvalue weighted by atomic mass is 16.5. The van der Waals surface area contributed by atoms with Gasteiger partial charge in [0.05, 0.1) is 31.9 Å². The van der Waals surface area contributed by atoms with Gasteiger partial charge in [0, 0.05) is 31.0 Å². The number of rotatable bonds is 5. The van der Waals surface area contributed by atoms with Gasteiger partial charge in [-0.2, -0.15) is 0 Å². The van der Waals surface area contributed by atoms with Crippen LogP contribution in [0.3, 0.4) is 0 Å². The molecule has 0 saturated carbocycles. The van der Waals surface area contributed by atoms with Gasteiger partial charge in [-0.25, -0.2) is 0 Å². The number of nitrogens with one attached hydrogen (secondary N) is 1. The van der Waals surface area contributed by atoms with E-state index in [0.717, 1.165) is 43.3 Å². The topological polar surface area (TPSA) is 58.0 Å². The largest absolute Gasteiger partial charge is 0.497 e. The number of methoxy groups -OCH3 is 1. The van der Waals surface area contributed by atoms with E-state index in [1.165, 1.54) is 11.3 Å². The van der Waals surface area contributed by atoms with E-state index in [0.29, 0.717) is 6.54 Å². The lowest BCUT2D eigenvalue weighted by molar-refractivity contribution is -0.126. The lowest BCUT2D eigenvalue weighted by Crippen LogP contribution is -2.61. The first kappa shape index (κ1) is 19.5. The Hall–Kier alpha value is -3.41. The van der Waals surface area contributed by atoms with Crippen LogP contribution in [0.4, 0.5) is 11.4 Å². The first-order valence-electron chi connectivity index (χ1n) is 10.8. The van der Waals surface area contributed by atoms with Gasteiger partial charge >= 0.3 is 0 Å². The molecule has 1 saturated heterocycles. The molecule has 1 aromatic heterocycles. The van der Waals surface area contributed by atoms with Gasteiger partial charge in [-0.05, 0) is 54.4 Å². The van der Waals surface area contributed by atoms with Gasteiger partial charge in [0.1, 0.15) is 11.5 Å². The van der Waals surface area contributed by atoms with E-state index in [4.69, 9.17) is 9.15 Å². The molecular formula is C25H27N3O3. The molecule has 3 aromatic rings. The molecule has 0 bridgehead atoms. The summed E-state index contributed by atoms with van der Waals surface area (Å²) in [6, 6.07) is 20.5. The zero-order valence-electron chi connectivity index (χ0n) is 17.7. The SMILES string of the molecule is COc1ccc(N2CCN3c4ccccc4C[C@@H](C(=O)NCc4ccco4)[C@H]3C2)cc1. The summed E-state index contributed by atoms with van der Waals surface area (Å²) < 4.78 is 10.7. The Morgan fingerprint density at radius 3 is 2.71 bits per heavy atom. The molecule has 2 aliphatic heterocycles. The summed E-state index contributed by atoms with van der Waals surface area (Å²) in [4.78, 5) is 18.1. The van der Waals surface area contributed by atoms with Crippen LogP contribution in [0.2, 0.25) is 0 Å². The van der Waals surface area contributed by atoms with Crippen LogP contribution in [0.1, 0.15) is 11.3 Å². The molecule has 3 heterocycles. The van der Waals surface area contributed by atoms with Crippen LogP contribution < -0.4 is 19.9 Å². The molecule has 6 nitrogen and oxygen atoms in total. The van der Waals surface area contributed by atoms with Crippen LogP contribution in [0.15, 0.2) is 71.3 Å². The number of para-hydroxylation sites is 1. The summed E-state index contributed by atoms with van der Waals surface area (Å²) in [5.41, 5.74) is 3.67. The monoisotopic (exact) mass is 417 g/mol. The number of furan rings is 1.